The number of hydrogen-bond acceptors (Lipinski definition) is 7. The fraction of sp³-hybridized carbons (Fsp3) is 0.179. The van der Waals surface area contributed by atoms with Crippen molar-refractivity contribution in [2.45, 2.75) is 13.1 Å². The average molecular weight is 581 g/mol. The molecule has 0 fully saturated rings. The van der Waals surface area contributed by atoms with Crippen molar-refractivity contribution in [3.8, 4) is 17.1 Å². The van der Waals surface area contributed by atoms with E-state index in [2.05, 4.69) is 5.10 Å². The molecule has 3 aromatic carbocycles. The standard InChI is InChI=1S/C28H23F3N6O5/c1-33(2)15-22-24-26(32-36(22)16-10-12-17(13-11-16)37(40)41)34(14-18-19(29)6-4-7-20(18)30)28(39)35(27(24)38)21-8-5-9-23(42-3)25(21)31/h4-13H,14-15H2,1-3H3. The molecule has 0 radical (unpaired) electrons. The lowest BCUT2D eigenvalue weighted by molar-refractivity contribution is -0.384. The van der Waals surface area contributed by atoms with E-state index in [1.54, 1.807) is 19.0 Å². The number of hydrogen-bond donors (Lipinski definition) is 0. The van der Waals surface area contributed by atoms with Gasteiger partial charge in [0.1, 0.15) is 17.0 Å². The quantitative estimate of drug-likeness (QED) is 0.203. The minimum atomic E-state index is -1.10. The van der Waals surface area contributed by atoms with Crippen LogP contribution in [0.25, 0.3) is 22.4 Å². The first-order valence-electron chi connectivity index (χ1n) is 12.5. The summed E-state index contributed by atoms with van der Waals surface area (Å²) in [6.45, 7) is -0.603. The third-order valence-electron chi connectivity index (χ3n) is 6.61. The Balaban J connectivity index is 1.92. The normalized spacial score (nSPS) is 11.4. The smallest absolute Gasteiger partial charge is 0.337 e. The van der Waals surface area contributed by atoms with Gasteiger partial charge in [0.2, 0.25) is 0 Å². The van der Waals surface area contributed by atoms with E-state index in [-0.39, 0.29) is 34.7 Å². The Morgan fingerprint density at radius 3 is 2.21 bits per heavy atom. The Hall–Kier alpha value is -5.24. The Kier molecular flexibility index (Phi) is 7.39. The van der Waals surface area contributed by atoms with Gasteiger partial charge in [0.05, 0.1) is 35.6 Å². The molecule has 2 heterocycles. The molecule has 5 rings (SSSR count). The topological polar surface area (TPSA) is 117 Å². The summed E-state index contributed by atoms with van der Waals surface area (Å²) in [5.74, 6) is -3.12. The lowest BCUT2D eigenvalue weighted by Gasteiger charge is -2.15. The van der Waals surface area contributed by atoms with Gasteiger partial charge in [-0.15, -0.1) is 5.10 Å². The first-order chi connectivity index (χ1) is 20.0. The molecule has 0 saturated carbocycles. The summed E-state index contributed by atoms with van der Waals surface area (Å²) >= 11 is 0. The monoisotopic (exact) mass is 580 g/mol. The number of halogens is 3. The molecule has 0 saturated heterocycles. The fourth-order valence-electron chi connectivity index (χ4n) is 4.66. The van der Waals surface area contributed by atoms with E-state index in [1.165, 1.54) is 54.3 Å². The van der Waals surface area contributed by atoms with Crippen LogP contribution >= 0.6 is 0 Å². The van der Waals surface area contributed by atoms with Crippen molar-refractivity contribution in [3.63, 3.8) is 0 Å². The number of nitro benzene ring substituents is 1. The number of aromatic nitrogens is 4. The number of ether oxygens (including phenoxy) is 1. The first-order valence-corrected chi connectivity index (χ1v) is 12.5. The van der Waals surface area contributed by atoms with Crippen LogP contribution in [0.1, 0.15) is 11.3 Å². The van der Waals surface area contributed by atoms with Crippen molar-refractivity contribution in [3.05, 3.63) is 120 Å². The van der Waals surface area contributed by atoms with Gasteiger partial charge in [-0.05, 0) is 50.5 Å². The summed E-state index contributed by atoms with van der Waals surface area (Å²) in [7, 11) is 4.64. The molecule has 0 unspecified atom stereocenters. The van der Waals surface area contributed by atoms with Crippen LogP contribution in [0.3, 0.4) is 0 Å². The predicted octanol–water partition coefficient (Wildman–Crippen LogP) is 3.78. The molecule has 0 aliphatic carbocycles. The summed E-state index contributed by atoms with van der Waals surface area (Å²) < 4.78 is 52.8. The number of nitro groups is 1. The highest BCUT2D eigenvalue weighted by Gasteiger charge is 2.27. The van der Waals surface area contributed by atoms with Crippen LogP contribution in [0.4, 0.5) is 18.9 Å². The van der Waals surface area contributed by atoms with Crippen molar-refractivity contribution in [2.24, 2.45) is 0 Å². The van der Waals surface area contributed by atoms with Crippen molar-refractivity contribution in [2.75, 3.05) is 21.2 Å². The van der Waals surface area contributed by atoms with Gasteiger partial charge < -0.3 is 9.64 Å². The molecule has 216 valence electrons. The molecule has 42 heavy (non-hydrogen) atoms. The highest BCUT2D eigenvalue weighted by molar-refractivity contribution is 5.79. The Morgan fingerprint density at radius 2 is 1.62 bits per heavy atom. The van der Waals surface area contributed by atoms with Gasteiger partial charge in [-0.3, -0.25) is 19.5 Å². The van der Waals surface area contributed by atoms with E-state index < -0.39 is 51.4 Å². The number of fused-ring (bicyclic) bond motifs is 1. The molecule has 14 heteroatoms. The van der Waals surface area contributed by atoms with Crippen LogP contribution in [0.5, 0.6) is 5.75 Å². The third-order valence-corrected chi connectivity index (χ3v) is 6.61. The molecule has 2 aromatic heterocycles. The summed E-state index contributed by atoms with van der Waals surface area (Å²) in [6.07, 6.45) is 0. The van der Waals surface area contributed by atoms with Crippen molar-refractivity contribution < 1.29 is 22.8 Å². The molecule has 0 aliphatic heterocycles. The number of rotatable bonds is 8. The molecule has 0 atom stereocenters. The lowest BCUT2D eigenvalue weighted by Crippen LogP contribution is -2.40. The number of methoxy groups -OCH3 is 1. The molecule has 11 nitrogen and oxygen atoms in total. The van der Waals surface area contributed by atoms with E-state index in [0.29, 0.717) is 10.3 Å². The van der Waals surface area contributed by atoms with Gasteiger partial charge in [-0.25, -0.2) is 27.2 Å². The summed E-state index contributed by atoms with van der Waals surface area (Å²) in [6, 6.07) is 12.4. The second-order valence-corrected chi connectivity index (χ2v) is 9.57. The molecule has 0 amide bonds. The van der Waals surface area contributed by atoms with E-state index >= 15 is 4.39 Å². The highest BCUT2D eigenvalue weighted by Crippen LogP contribution is 2.26. The van der Waals surface area contributed by atoms with Crippen LogP contribution < -0.4 is 16.0 Å². The van der Waals surface area contributed by atoms with Gasteiger partial charge in [0, 0.05) is 24.2 Å². The van der Waals surface area contributed by atoms with Gasteiger partial charge >= 0.3 is 5.69 Å². The maximum absolute atomic E-state index is 15.5. The van der Waals surface area contributed by atoms with Crippen molar-refractivity contribution >= 4 is 16.7 Å². The second-order valence-electron chi connectivity index (χ2n) is 9.57. The Bertz CT molecular complexity index is 1940. The SMILES string of the molecule is COc1cccc(-n2c(=O)c3c(CN(C)C)n(-c4ccc([N+](=O)[O-])cc4)nc3n(Cc3c(F)cccc3F)c2=O)c1F. The summed E-state index contributed by atoms with van der Waals surface area (Å²) in [4.78, 5) is 40.3. The lowest BCUT2D eigenvalue weighted by atomic mass is 10.2. The van der Waals surface area contributed by atoms with Crippen LogP contribution in [0.15, 0.2) is 70.3 Å². The van der Waals surface area contributed by atoms with Crippen LogP contribution in [-0.2, 0) is 13.1 Å². The van der Waals surface area contributed by atoms with Crippen LogP contribution in [0, 0.1) is 27.6 Å². The molecule has 0 aliphatic rings. The largest absolute Gasteiger partial charge is 0.494 e. The Labute approximate surface area is 235 Å². The maximum Gasteiger partial charge on any atom is 0.337 e. The van der Waals surface area contributed by atoms with Gasteiger partial charge in [-0.1, -0.05) is 12.1 Å². The number of nitrogens with zero attached hydrogens (tertiary/aromatic N) is 6. The molecule has 0 spiro atoms. The third kappa shape index (κ3) is 4.81. The van der Waals surface area contributed by atoms with Crippen LogP contribution in [-0.4, -0.2) is 49.9 Å². The Morgan fingerprint density at radius 1 is 0.976 bits per heavy atom. The zero-order valence-corrected chi connectivity index (χ0v) is 22.5. The average Bonchev–Trinajstić information content (AvgIpc) is 3.32. The minimum Gasteiger partial charge on any atom is -0.494 e. The summed E-state index contributed by atoms with van der Waals surface area (Å²) in [5, 5.41) is 15.6. The number of benzene rings is 3. The zero-order chi connectivity index (χ0) is 30.3. The minimum absolute atomic E-state index is 0.0790. The van der Waals surface area contributed by atoms with Gasteiger partial charge in [-0.2, -0.15) is 0 Å². The summed E-state index contributed by atoms with van der Waals surface area (Å²) in [5.41, 5.74) is -2.81. The fourth-order valence-corrected chi connectivity index (χ4v) is 4.66. The van der Waals surface area contributed by atoms with Crippen molar-refractivity contribution in [1.82, 2.24) is 23.8 Å². The highest BCUT2D eigenvalue weighted by atomic mass is 19.1. The molecular formula is C28H23F3N6O5. The van der Waals surface area contributed by atoms with E-state index in [4.69, 9.17) is 4.74 Å². The van der Waals surface area contributed by atoms with E-state index in [9.17, 15) is 28.5 Å². The van der Waals surface area contributed by atoms with Gasteiger partial charge in [0.15, 0.2) is 17.2 Å². The van der Waals surface area contributed by atoms with E-state index in [0.717, 1.165) is 22.8 Å². The maximum atomic E-state index is 15.5. The molecule has 5 aromatic rings. The molecule has 0 bridgehead atoms. The second kappa shape index (κ2) is 11.0. The number of non-ortho nitro benzene ring substituents is 1. The van der Waals surface area contributed by atoms with Crippen LogP contribution in [0.2, 0.25) is 0 Å². The van der Waals surface area contributed by atoms with Crippen molar-refractivity contribution in [1.29, 1.82) is 0 Å². The molecular weight excluding hydrogens is 557 g/mol. The zero-order valence-electron chi connectivity index (χ0n) is 22.5. The van der Waals surface area contributed by atoms with E-state index in [1.807, 2.05) is 0 Å². The first kappa shape index (κ1) is 28.3. The predicted molar refractivity (Wildman–Crippen MR) is 147 cm³/mol. The molecule has 0 N–H and O–H groups in total. The van der Waals surface area contributed by atoms with Gasteiger partial charge in [0.25, 0.3) is 11.2 Å².